The zero-order chi connectivity index (χ0) is 21.6. The van der Waals surface area contributed by atoms with E-state index in [9.17, 15) is 8.42 Å². The zero-order valence-corrected chi connectivity index (χ0v) is 19.4. The molecule has 1 saturated heterocycles. The largest absolute Gasteiger partial charge is 0.412 e. The van der Waals surface area contributed by atoms with Crippen molar-refractivity contribution in [1.29, 1.82) is 0 Å². The van der Waals surface area contributed by atoms with Crippen LogP contribution in [0.1, 0.15) is 20.8 Å². The summed E-state index contributed by atoms with van der Waals surface area (Å²) in [6.45, 7) is 10.3. The van der Waals surface area contributed by atoms with Gasteiger partial charge in [-0.3, -0.25) is 8.75 Å². The lowest BCUT2D eigenvalue weighted by atomic mass is 9.71. The average molecular weight is 443 g/mol. The number of hydrogen-bond acceptors (Lipinski definition) is 9. The number of nitrogen functional groups attached to an aromatic ring is 1. The van der Waals surface area contributed by atoms with E-state index in [0.717, 1.165) is 6.26 Å². The molecular formula is C17H28N5O5SSi. The van der Waals surface area contributed by atoms with E-state index in [1.165, 1.54) is 6.33 Å². The van der Waals surface area contributed by atoms with Crippen LogP contribution < -0.4 is 5.73 Å². The molecule has 161 valence electrons. The van der Waals surface area contributed by atoms with Crippen LogP contribution in [0.25, 0.3) is 11.2 Å². The summed E-state index contributed by atoms with van der Waals surface area (Å²) in [6, 6.07) is 0. The monoisotopic (exact) mass is 442 g/mol. The maximum atomic E-state index is 11.7. The predicted molar refractivity (Wildman–Crippen MR) is 110 cm³/mol. The highest BCUT2D eigenvalue weighted by atomic mass is 32.2. The summed E-state index contributed by atoms with van der Waals surface area (Å²) in [5.74, 6) is -0.0525. The van der Waals surface area contributed by atoms with Crippen molar-refractivity contribution >= 4 is 36.1 Å². The fourth-order valence-electron chi connectivity index (χ4n) is 3.57. The van der Waals surface area contributed by atoms with Crippen LogP contribution >= 0.6 is 0 Å². The van der Waals surface area contributed by atoms with Crippen LogP contribution in [0.15, 0.2) is 12.7 Å². The number of aromatic nitrogens is 4. The number of anilines is 1. The second-order valence-corrected chi connectivity index (χ2v) is 12.3. The Kier molecular flexibility index (Phi) is 5.77. The molecule has 0 aromatic carbocycles. The minimum atomic E-state index is -3.62. The molecule has 3 rings (SSSR count). The molecule has 29 heavy (non-hydrogen) atoms. The molecular weight excluding hydrogens is 414 g/mol. The molecule has 0 amide bonds. The van der Waals surface area contributed by atoms with E-state index in [2.05, 4.69) is 15.0 Å². The van der Waals surface area contributed by atoms with Gasteiger partial charge in [-0.15, -0.1) is 0 Å². The maximum Gasteiger partial charge on any atom is 0.264 e. The molecule has 0 saturated carbocycles. The third kappa shape index (κ3) is 4.31. The number of ether oxygens (including phenoxy) is 1. The van der Waals surface area contributed by atoms with Gasteiger partial charge in [-0.1, -0.05) is 20.8 Å². The van der Waals surface area contributed by atoms with Gasteiger partial charge in [0.05, 0.1) is 37.8 Å². The van der Waals surface area contributed by atoms with Gasteiger partial charge >= 0.3 is 0 Å². The van der Waals surface area contributed by atoms with E-state index in [4.69, 9.17) is 19.1 Å². The van der Waals surface area contributed by atoms with Crippen LogP contribution in [-0.4, -0.2) is 62.6 Å². The van der Waals surface area contributed by atoms with E-state index >= 15 is 0 Å². The van der Waals surface area contributed by atoms with Crippen LogP contribution in [0.5, 0.6) is 0 Å². The molecule has 10 nitrogen and oxygen atoms in total. The van der Waals surface area contributed by atoms with Gasteiger partial charge in [0, 0.05) is 0 Å². The van der Waals surface area contributed by atoms with Crippen LogP contribution in [0.2, 0.25) is 13.1 Å². The number of nitrogens with two attached hydrogens (primary N) is 1. The number of fused-ring (bicyclic) bond motifs is 1. The van der Waals surface area contributed by atoms with Gasteiger partial charge in [0.1, 0.15) is 11.8 Å². The molecule has 12 heteroatoms. The molecule has 3 heterocycles. The Morgan fingerprint density at radius 1 is 1.31 bits per heavy atom. The maximum absolute atomic E-state index is 11.7. The summed E-state index contributed by atoms with van der Waals surface area (Å²) in [4.78, 5) is 12.7. The standard InChI is InChI=1S/C17H28N5O5SSi/c1-16(2,3)13-11(7-25-28(4,23)24)17(27-13,8-26-29(5)6)22-10-21-12-14(18)19-9-20-15(12)22/h9-11,13H,7-8H2,1-6H3,(H2,18,19,20). The first kappa shape index (κ1) is 22.1. The molecule has 1 aliphatic heterocycles. The van der Waals surface area contributed by atoms with Gasteiger partial charge in [-0.05, 0) is 18.5 Å². The third-order valence-corrected chi connectivity index (χ3v) is 6.21. The lowest BCUT2D eigenvalue weighted by Crippen LogP contribution is -2.68. The van der Waals surface area contributed by atoms with E-state index in [0.29, 0.717) is 11.2 Å². The fraction of sp³-hybridized carbons (Fsp3) is 0.706. The topological polar surface area (TPSA) is 131 Å². The van der Waals surface area contributed by atoms with Crippen LogP contribution in [-0.2, 0) is 29.2 Å². The van der Waals surface area contributed by atoms with Crippen LogP contribution in [0.4, 0.5) is 5.82 Å². The first-order valence-corrected chi connectivity index (χ1v) is 13.5. The van der Waals surface area contributed by atoms with Gasteiger partial charge in [0.15, 0.2) is 17.2 Å². The minimum Gasteiger partial charge on any atom is -0.412 e. The highest BCUT2D eigenvalue weighted by molar-refractivity contribution is 7.85. The van der Waals surface area contributed by atoms with E-state index in [1.807, 2.05) is 33.9 Å². The Morgan fingerprint density at radius 2 is 2.00 bits per heavy atom. The van der Waals surface area contributed by atoms with Crippen LogP contribution in [0.3, 0.4) is 0 Å². The molecule has 2 aromatic heterocycles. The molecule has 0 spiro atoms. The Morgan fingerprint density at radius 3 is 2.59 bits per heavy atom. The lowest BCUT2D eigenvalue weighted by Gasteiger charge is -2.58. The minimum absolute atomic E-state index is 0.0418. The van der Waals surface area contributed by atoms with Crippen molar-refractivity contribution in [1.82, 2.24) is 19.5 Å². The van der Waals surface area contributed by atoms with Crippen molar-refractivity contribution in [3.05, 3.63) is 12.7 Å². The van der Waals surface area contributed by atoms with Crippen molar-refractivity contribution in [2.24, 2.45) is 11.3 Å². The third-order valence-electron chi connectivity index (χ3n) is 4.93. The highest BCUT2D eigenvalue weighted by Crippen LogP contribution is 2.51. The Balaban J connectivity index is 2.10. The second-order valence-electron chi connectivity index (χ2n) is 8.59. The molecule has 2 aromatic rings. The molecule has 1 aliphatic rings. The van der Waals surface area contributed by atoms with Gasteiger partial charge in [0.2, 0.25) is 9.04 Å². The van der Waals surface area contributed by atoms with Crippen molar-refractivity contribution in [2.75, 3.05) is 25.2 Å². The summed E-state index contributed by atoms with van der Waals surface area (Å²) in [5, 5.41) is 0. The van der Waals surface area contributed by atoms with Crippen molar-refractivity contribution < 1.29 is 21.8 Å². The second kappa shape index (κ2) is 7.58. The number of imidazole rings is 1. The summed E-state index contributed by atoms with van der Waals surface area (Å²) in [6.07, 6.45) is 3.73. The summed E-state index contributed by atoms with van der Waals surface area (Å²) in [5.41, 5.74) is 5.64. The molecule has 2 N–H and O–H groups in total. The Bertz CT molecular complexity index is 990. The van der Waals surface area contributed by atoms with E-state index in [1.54, 1.807) is 10.9 Å². The highest BCUT2D eigenvalue weighted by Gasteiger charge is 2.61. The van der Waals surface area contributed by atoms with Crippen molar-refractivity contribution in [3.63, 3.8) is 0 Å². The molecule has 3 atom stereocenters. The molecule has 1 fully saturated rings. The first-order valence-electron chi connectivity index (χ1n) is 9.24. The molecule has 0 bridgehead atoms. The summed E-state index contributed by atoms with van der Waals surface area (Å²) >= 11 is 0. The number of nitrogens with zero attached hydrogens (tertiary/aromatic N) is 4. The Labute approximate surface area is 172 Å². The van der Waals surface area contributed by atoms with Crippen molar-refractivity contribution in [3.8, 4) is 0 Å². The summed E-state index contributed by atoms with van der Waals surface area (Å²) < 4.78 is 42.9. The molecule has 0 aliphatic carbocycles. The average Bonchev–Trinajstić information content (AvgIpc) is 2.97. The number of rotatable bonds is 7. The van der Waals surface area contributed by atoms with Gasteiger partial charge in [-0.25, -0.2) is 15.0 Å². The van der Waals surface area contributed by atoms with Crippen LogP contribution in [0, 0.1) is 11.3 Å². The summed E-state index contributed by atoms with van der Waals surface area (Å²) in [7, 11) is -4.67. The smallest absolute Gasteiger partial charge is 0.264 e. The van der Waals surface area contributed by atoms with Gasteiger partial charge < -0.3 is 14.9 Å². The Hall–Kier alpha value is -1.60. The first-order chi connectivity index (χ1) is 13.3. The fourth-order valence-corrected chi connectivity index (χ4v) is 4.46. The van der Waals surface area contributed by atoms with Gasteiger partial charge in [0.25, 0.3) is 10.1 Å². The zero-order valence-electron chi connectivity index (χ0n) is 17.5. The van der Waals surface area contributed by atoms with Crippen molar-refractivity contribution in [2.45, 2.75) is 45.7 Å². The SMILES string of the molecule is C[Si](C)OCC1(n2cnc3c(N)ncnc32)OC(C(C)(C)C)C1COS(C)(=O)=O. The van der Waals surface area contributed by atoms with Gasteiger partial charge in [-0.2, -0.15) is 8.42 Å². The van der Waals surface area contributed by atoms with E-state index in [-0.39, 0.29) is 36.5 Å². The predicted octanol–water partition coefficient (Wildman–Crippen LogP) is 1.37. The molecule has 1 radical (unpaired) electrons. The number of hydrogen-bond donors (Lipinski definition) is 1. The quantitative estimate of drug-likeness (QED) is 0.498. The normalized spacial score (nSPS) is 25.5. The molecule has 3 unspecified atom stereocenters. The van der Waals surface area contributed by atoms with E-state index < -0.39 is 24.9 Å². The lowest BCUT2D eigenvalue weighted by molar-refractivity contribution is -0.347.